The molecule has 0 aliphatic heterocycles. The largest absolute Gasteiger partial charge is 0.504 e. The molecule has 0 aliphatic carbocycles. The summed E-state index contributed by atoms with van der Waals surface area (Å²) in [5, 5.41) is 9.43. The number of ketones is 1. The molecule has 0 radical (unpaired) electrons. The third-order valence-electron chi connectivity index (χ3n) is 2.84. The number of alkyl halides is 3. The van der Waals surface area contributed by atoms with Gasteiger partial charge in [0, 0.05) is 6.07 Å². The Morgan fingerprint density at radius 1 is 0.955 bits per heavy atom. The molecule has 8 heteroatoms. The number of halogens is 6. The fraction of sp³-hybridized carbons (Fsp3) is 0.0714. The number of aromatic hydroxyl groups is 1. The van der Waals surface area contributed by atoms with Gasteiger partial charge in [0.25, 0.3) is 0 Å². The van der Waals surface area contributed by atoms with Crippen LogP contribution in [0.4, 0.5) is 26.3 Å². The molecule has 0 saturated heterocycles. The number of carbonyl (C=O) groups is 1. The molecule has 2 nitrogen and oxygen atoms in total. The maximum absolute atomic E-state index is 13.5. The van der Waals surface area contributed by atoms with Gasteiger partial charge in [0.05, 0.1) is 16.7 Å². The van der Waals surface area contributed by atoms with Crippen molar-refractivity contribution >= 4 is 5.78 Å². The van der Waals surface area contributed by atoms with Crippen molar-refractivity contribution in [1.82, 2.24) is 0 Å². The van der Waals surface area contributed by atoms with Gasteiger partial charge in [-0.2, -0.15) is 13.2 Å². The van der Waals surface area contributed by atoms with Gasteiger partial charge in [-0.1, -0.05) is 0 Å². The summed E-state index contributed by atoms with van der Waals surface area (Å²) in [4.78, 5) is 11.9. The molecule has 0 aromatic heterocycles. The number of hydrogen-bond donors (Lipinski definition) is 1. The average molecular weight is 320 g/mol. The van der Waals surface area contributed by atoms with Crippen LogP contribution in [0.25, 0.3) is 0 Å². The molecular formula is C14H6F6O2. The molecule has 0 bridgehead atoms. The summed E-state index contributed by atoms with van der Waals surface area (Å²) in [5.74, 6) is -7.13. The number of hydrogen-bond acceptors (Lipinski definition) is 2. The highest BCUT2D eigenvalue weighted by Crippen LogP contribution is 2.36. The first kappa shape index (κ1) is 15.9. The Labute approximate surface area is 119 Å². The normalized spacial score (nSPS) is 11.5. The number of benzene rings is 2. The Balaban J connectivity index is 2.54. The van der Waals surface area contributed by atoms with E-state index in [0.29, 0.717) is 12.1 Å². The van der Waals surface area contributed by atoms with Gasteiger partial charge < -0.3 is 5.11 Å². The van der Waals surface area contributed by atoms with Crippen molar-refractivity contribution in [2.75, 3.05) is 0 Å². The lowest BCUT2D eigenvalue weighted by Gasteiger charge is -2.11. The Morgan fingerprint density at radius 3 is 2.09 bits per heavy atom. The van der Waals surface area contributed by atoms with E-state index in [0.717, 1.165) is 12.1 Å². The van der Waals surface area contributed by atoms with Crippen LogP contribution in [0.2, 0.25) is 0 Å². The molecule has 0 fully saturated rings. The molecule has 116 valence electrons. The van der Waals surface area contributed by atoms with Crippen LogP contribution in [0.5, 0.6) is 5.75 Å². The maximum atomic E-state index is 13.5. The van der Waals surface area contributed by atoms with Crippen molar-refractivity contribution in [3.05, 3.63) is 64.5 Å². The Kier molecular flexibility index (Phi) is 3.87. The molecule has 0 amide bonds. The molecule has 2 aromatic carbocycles. The first-order valence-electron chi connectivity index (χ1n) is 5.71. The van der Waals surface area contributed by atoms with E-state index in [2.05, 4.69) is 0 Å². The van der Waals surface area contributed by atoms with Gasteiger partial charge in [-0.3, -0.25) is 4.79 Å². The molecule has 22 heavy (non-hydrogen) atoms. The van der Waals surface area contributed by atoms with Crippen LogP contribution in [0.1, 0.15) is 21.5 Å². The van der Waals surface area contributed by atoms with Crippen molar-refractivity contribution < 1.29 is 36.2 Å². The second-order valence-electron chi connectivity index (χ2n) is 4.27. The quantitative estimate of drug-likeness (QED) is 0.669. The second kappa shape index (κ2) is 5.36. The lowest BCUT2D eigenvalue weighted by molar-refractivity contribution is -0.140. The zero-order chi connectivity index (χ0) is 16.7. The smallest absolute Gasteiger partial charge is 0.419 e. The Bertz CT molecular complexity index is 752. The van der Waals surface area contributed by atoms with Crippen LogP contribution < -0.4 is 0 Å². The van der Waals surface area contributed by atoms with Crippen molar-refractivity contribution in [2.24, 2.45) is 0 Å². The van der Waals surface area contributed by atoms with Crippen LogP contribution in [-0.2, 0) is 6.18 Å². The van der Waals surface area contributed by atoms with Gasteiger partial charge in [0.15, 0.2) is 17.3 Å². The van der Waals surface area contributed by atoms with E-state index in [-0.39, 0.29) is 6.07 Å². The highest BCUT2D eigenvalue weighted by molar-refractivity contribution is 6.10. The van der Waals surface area contributed by atoms with Crippen LogP contribution in [0.3, 0.4) is 0 Å². The van der Waals surface area contributed by atoms with E-state index >= 15 is 0 Å². The van der Waals surface area contributed by atoms with Gasteiger partial charge in [0.2, 0.25) is 0 Å². The molecule has 0 aliphatic rings. The minimum absolute atomic E-state index is 0.254. The van der Waals surface area contributed by atoms with E-state index in [1.165, 1.54) is 0 Å². The second-order valence-corrected chi connectivity index (χ2v) is 4.27. The minimum Gasteiger partial charge on any atom is -0.504 e. The molecule has 0 atom stereocenters. The topological polar surface area (TPSA) is 37.3 Å². The molecule has 0 spiro atoms. The number of rotatable bonds is 2. The first-order valence-corrected chi connectivity index (χ1v) is 5.71. The zero-order valence-corrected chi connectivity index (χ0v) is 10.5. The standard InChI is InChI=1S/C14H6F6O2/c15-6-1-2-7(10(16)5-6)12(21)8-3-4-9(14(18,19)20)11(17)13(8)22/h1-5,22H. The monoisotopic (exact) mass is 320 g/mol. The maximum Gasteiger partial charge on any atom is 0.419 e. The fourth-order valence-electron chi connectivity index (χ4n) is 1.79. The van der Waals surface area contributed by atoms with E-state index in [9.17, 15) is 36.2 Å². The summed E-state index contributed by atoms with van der Waals surface area (Å²) in [6, 6.07) is 2.64. The SMILES string of the molecule is O=C(c1ccc(F)cc1F)c1ccc(C(F)(F)F)c(F)c1O. The molecule has 0 saturated carbocycles. The number of carbonyl (C=O) groups excluding carboxylic acids is 1. The van der Waals surface area contributed by atoms with Crippen LogP contribution in [0.15, 0.2) is 30.3 Å². The molecule has 2 rings (SSSR count). The summed E-state index contributed by atoms with van der Waals surface area (Å²) in [7, 11) is 0. The Hall–Kier alpha value is -2.51. The first-order chi connectivity index (χ1) is 10.1. The summed E-state index contributed by atoms with van der Waals surface area (Å²) in [6.07, 6.45) is -5.07. The summed E-state index contributed by atoms with van der Waals surface area (Å²) in [5.41, 5.74) is -3.34. The van der Waals surface area contributed by atoms with E-state index in [1.807, 2.05) is 0 Å². The van der Waals surface area contributed by atoms with E-state index in [4.69, 9.17) is 0 Å². The van der Waals surface area contributed by atoms with E-state index in [1.54, 1.807) is 0 Å². The molecule has 1 N–H and O–H groups in total. The van der Waals surface area contributed by atoms with Crippen molar-refractivity contribution in [3.63, 3.8) is 0 Å². The summed E-state index contributed by atoms with van der Waals surface area (Å²) < 4.78 is 77.1. The summed E-state index contributed by atoms with van der Waals surface area (Å²) >= 11 is 0. The van der Waals surface area contributed by atoms with Gasteiger partial charge in [-0.05, 0) is 24.3 Å². The van der Waals surface area contributed by atoms with Crippen LogP contribution in [0, 0.1) is 17.5 Å². The highest BCUT2D eigenvalue weighted by Gasteiger charge is 2.36. The predicted octanol–water partition coefficient (Wildman–Crippen LogP) is 4.06. The van der Waals surface area contributed by atoms with Crippen LogP contribution >= 0.6 is 0 Å². The van der Waals surface area contributed by atoms with Gasteiger partial charge in [0.1, 0.15) is 11.6 Å². The van der Waals surface area contributed by atoms with Crippen molar-refractivity contribution in [3.8, 4) is 5.75 Å². The third kappa shape index (κ3) is 2.76. The zero-order valence-electron chi connectivity index (χ0n) is 10.5. The lowest BCUT2D eigenvalue weighted by Crippen LogP contribution is -2.11. The number of phenolic OH excluding ortho intramolecular Hbond substituents is 1. The van der Waals surface area contributed by atoms with Crippen molar-refractivity contribution in [2.45, 2.75) is 6.18 Å². The average Bonchev–Trinajstić information content (AvgIpc) is 2.39. The van der Waals surface area contributed by atoms with Crippen molar-refractivity contribution in [1.29, 1.82) is 0 Å². The minimum atomic E-state index is -5.07. The van der Waals surface area contributed by atoms with E-state index < -0.39 is 51.9 Å². The molecule has 0 heterocycles. The van der Waals surface area contributed by atoms with Gasteiger partial charge >= 0.3 is 6.18 Å². The van der Waals surface area contributed by atoms with Gasteiger partial charge in [-0.15, -0.1) is 0 Å². The number of phenols is 1. The van der Waals surface area contributed by atoms with Crippen LogP contribution in [-0.4, -0.2) is 10.9 Å². The Morgan fingerprint density at radius 2 is 1.55 bits per heavy atom. The predicted molar refractivity (Wildman–Crippen MR) is 62.9 cm³/mol. The highest BCUT2D eigenvalue weighted by atomic mass is 19.4. The van der Waals surface area contributed by atoms with Gasteiger partial charge in [-0.25, -0.2) is 13.2 Å². The molecular weight excluding hydrogens is 314 g/mol. The molecule has 0 unspecified atom stereocenters. The third-order valence-corrected chi connectivity index (χ3v) is 2.84. The summed E-state index contributed by atoms with van der Waals surface area (Å²) in [6.45, 7) is 0. The lowest BCUT2D eigenvalue weighted by atomic mass is 9.99. The molecule has 2 aromatic rings. The fourth-order valence-corrected chi connectivity index (χ4v) is 1.79.